The number of aliphatic hydroxyl groups is 2. The van der Waals surface area contributed by atoms with Crippen molar-refractivity contribution in [3.8, 4) is 11.5 Å². The van der Waals surface area contributed by atoms with Crippen molar-refractivity contribution >= 4 is 12.4 Å². The molecule has 2 aromatic carbocycles. The zero-order chi connectivity index (χ0) is 25.2. The van der Waals surface area contributed by atoms with Crippen molar-refractivity contribution in [2.45, 2.75) is 87.9 Å². The number of rotatable bonds is 8. The Labute approximate surface area is 232 Å². The van der Waals surface area contributed by atoms with Gasteiger partial charge < -0.3 is 20.1 Å². The number of likely N-dealkylation sites (tertiary alicyclic amines) is 1. The van der Waals surface area contributed by atoms with Crippen molar-refractivity contribution in [1.82, 2.24) is 4.90 Å². The van der Waals surface area contributed by atoms with Crippen LogP contribution in [0.2, 0.25) is 0 Å². The van der Waals surface area contributed by atoms with Crippen LogP contribution in [0.25, 0.3) is 0 Å². The van der Waals surface area contributed by atoms with E-state index < -0.39 is 17.6 Å². The van der Waals surface area contributed by atoms with Crippen LogP contribution in [0.1, 0.15) is 68.1 Å². The van der Waals surface area contributed by atoms with Crippen LogP contribution in [-0.4, -0.2) is 58.2 Å². The van der Waals surface area contributed by atoms with Gasteiger partial charge >= 0.3 is 0 Å². The molecule has 0 amide bonds. The molecule has 206 valence electrons. The molecule has 3 N–H and O–H groups in total. The Morgan fingerprint density at radius 2 is 1.87 bits per heavy atom. The van der Waals surface area contributed by atoms with Crippen molar-refractivity contribution in [2.75, 3.05) is 19.7 Å². The number of halogens is 1. The molecular weight excluding hydrogens is 498 g/mol. The third kappa shape index (κ3) is 3.83. The van der Waals surface area contributed by atoms with Crippen molar-refractivity contribution in [3.05, 3.63) is 59.2 Å². The fourth-order valence-electron chi connectivity index (χ4n) is 8.94. The maximum atomic E-state index is 12.0. The second-order valence-corrected chi connectivity index (χ2v) is 12.8. The molecule has 0 aromatic heterocycles. The number of benzene rings is 2. The predicted octanol–water partition coefficient (Wildman–Crippen LogP) is 5.02. The van der Waals surface area contributed by atoms with E-state index in [2.05, 4.69) is 41.3 Å². The van der Waals surface area contributed by atoms with E-state index in [1.807, 2.05) is 0 Å². The summed E-state index contributed by atoms with van der Waals surface area (Å²) in [4.78, 5) is 2.75. The Kier molecular flexibility index (Phi) is 6.95. The summed E-state index contributed by atoms with van der Waals surface area (Å²) < 4.78 is 6.57. The molecule has 5 aliphatic rings. The summed E-state index contributed by atoms with van der Waals surface area (Å²) in [5.74, 6) is 1.94. The molecule has 0 radical (unpaired) electrons. The lowest BCUT2D eigenvalue weighted by atomic mass is 9.46. The number of hydrogen-bond donors (Lipinski definition) is 3. The number of hydrogen-bond acceptors (Lipinski definition) is 5. The van der Waals surface area contributed by atoms with Gasteiger partial charge in [0.2, 0.25) is 0 Å². The van der Waals surface area contributed by atoms with E-state index in [0.29, 0.717) is 17.7 Å². The van der Waals surface area contributed by atoms with E-state index >= 15 is 0 Å². The van der Waals surface area contributed by atoms with Crippen LogP contribution in [0.4, 0.5) is 0 Å². The summed E-state index contributed by atoms with van der Waals surface area (Å²) in [7, 11) is 0. The van der Waals surface area contributed by atoms with E-state index in [4.69, 9.17) is 4.74 Å². The number of aromatic hydroxyl groups is 1. The zero-order valence-electron chi connectivity index (χ0n) is 22.2. The van der Waals surface area contributed by atoms with Crippen LogP contribution < -0.4 is 4.74 Å². The van der Waals surface area contributed by atoms with Gasteiger partial charge in [0.1, 0.15) is 6.10 Å². The normalized spacial score (nSPS) is 35.1. The highest BCUT2D eigenvalue weighted by Crippen LogP contribution is 2.67. The predicted molar refractivity (Wildman–Crippen MR) is 150 cm³/mol. The summed E-state index contributed by atoms with van der Waals surface area (Å²) >= 11 is 0. The maximum Gasteiger partial charge on any atom is 0.165 e. The topological polar surface area (TPSA) is 73.2 Å². The molecule has 2 saturated carbocycles. The lowest BCUT2D eigenvalue weighted by molar-refractivity contribution is -0.182. The van der Waals surface area contributed by atoms with Crippen molar-refractivity contribution in [3.63, 3.8) is 0 Å². The van der Waals surface area contributed by atoms with Crippen LogP contribution in [0.15, 0.2) is 42.5 Å². The van der Waals surface area contributed by atoms with E-state index in [-0.39, 0.29) is 30.2 Å². The number of unbranched alkanes of at least 4 members (excludes halogenated alkanes) is 1. The first-order chi connectivity index (χ1) is 18.1. The minimum absolute atomic E-state index is 0. The highest BCUT2D eigenvalue weighted by Gasteiger charge is 2.70. The van der Waals surface area contributed by atoms with Gasteiger partial charge in [-0.15, -0.1) is 12.4 Å². The van der Waals surface area contributed by atoms with E-state index in [0.717, 1.165) is 57.4 Å². The third-order valence-electron chi connectivity index (χ3n) is 11.1. The number of phenolic OH excluding ortho intramolecular Hbond substituents is 1. The van der Waals surface area contributed by atoms with E-state index in [9.17, 15) is 15.3 Å². The minimum Gasteiger partial charge on any atom is -0.504 e. The molecule has 4 unspecified atom stereocenters. The molecule has 6 atom stereocenters. The standard InChI is InChI=1S/C32H41NO4.ClH/c34-20-31(14-5-4-9-21-7-2-1-3-8-21)18-24-25-17-23-12-13-26(35)28-27(23)32(24,30(37-28)29(31)36)15-16-33(25)19-22-10-6-11-22;/h1-3,7-8,12-13,22,24-25,29-30,34-36H,4-6,9-11,14-20H2;1H/t24?,25?,29-,30?,31+,32?;/m0./s1. The number of aliphatic hydroxyl groups excluding tert-OH is 2. The monoisotopic (exact) mass is 539 g/mol. The summed E-state index contributed by atoms with van der Waals surface area (Å²) in [6, 6.07) is 14.9. The molecule has 2 aliphatic heterocycles. The molecule has 38 heavy (non-hydrogen) atoms. The van der Waals surface area contributed by atoms with Crippen molar-refractivity contribution in [1.29, 1.82) is 0 Å². The molecular formula is C32H42ClNO4. The van der Waals surface area contributed by atoms with Gasteiger partial charge in [-0.25, -0.2) is 0 Å². The second kappa shape index (κ2) is 9.99. The van der Waals surface area contributed by atoms with Gasteiger partial charge in [0.15, 0.2) is 11.5 Å². The first-order valence-corrected chi connectivity index (χ1v) is 14.6. The summed E-state index contributed by atoms with van der Waals surface area (Å²) in [6.07, 6.45) is 9.51. The maximum absolute atomic E-state index is 12.0. The number of piperidine rings is 1. The average molecular weight is 540 g/mol. The highest BCUT2D eigenvalue weighted by molar-refractivity contribution is 5.85. The van der Waals surface area contributed by atoms with Gasteiger partial charge in [0.25, 0.3) is 0 Å². The van der Waals surface area contributed by atoms with Gasteiger partial charge in [0.05, 0.1) is 12.7 Å². The van der Waals surface area contributed by atoms with Gasteiger partial charge in [-0.3, -0.25) is 4.90 Å². The number of aryl methyl sites for hydroxylation is 1. The Balaban J connectivity index is 0.00000264. The van der Waals surface area contributed by atoms with Crippen molar-refractivity contribution < 1.29 is 20.1 Å². The lowest BCUT2D eigenvalue weighted by Gasteiger charge is -2.63. The Bertz CT molecular complexity index is 1160. The SMILES string of the molecule is Cl.OC[C@@]1(CCCCc2ccccc2)CC2C3Cc4ccc(O)c5c4C2(CCN3CC2CCC2)C(O5)[C@@H]1O. The average Bonchev–Trinajstić information content (AvgIpc) is 3.24. The van der Waals surface area contributed by atoms with E-state index in [1.165, 1.54) is 42.5 Å². The Morgan fingerprint density at radius 1 is 1.05 bits per heavy atom. The molecule has 2 heterocycles. The van der Waals surface area contributed by atoms with Crippen LogP contribution in [0.3, 0.4) is 0 Å². The quantitative estimate of drug-likeness (QED) is 0.411. The van der Waals surface area contributed by atoms with Crippen LogP contribution >= 0.6 is 12.4 Å². The minimum atomic E-state index is -0.748. The van der Waals surface area contributed by atoms with Gasteiger partial charge in [0, 0.05) is 29.0 Å². The molecule has 3 fully saturated rings. The summed E-state index contributed by atoms with van der Waals surface area (Å²) in [5, 5.41) is 33.7. The second-order valence-electron chi connectivity index (χ2n) is 12.8. The van der Waals surface area contributed by atoms with Gasteiger partial charge in [-0.05, 0) is 86.9 Å². The van der Waals surface area contributed by atoms with Gasteiger partial charge in [-0.1, -0.05) is 49.2 Å². The summed E-state index contributed by atoms with van der Waals surface area (Å²) in [5.41, 5.74) is 2.99. The largest absolute Gasteiger partial charge is 0.504 e. The summed E-state index contributed by atoms with van der Waals surface area (Å²) in [6.45, 7) is 2.19. The molecule has 2 aromatic rings. The molecule has 1 spiro atoms. The van der Waals surface area contributed by atoms with E-state index in [1.54, 1.807) is 6.07 Å². The Morgan fingerprint density at radius 3 is 2.61 bits per heavy atom. The molecule has 6 heteroatoms. The fraction of sp³-hybridized carbons (Fsp3) is 0.625. The smallest absolute Gasteiger partial charge is 0.165 e. The molecule has 5 nitrogen and oxygen atoms in total. The molecule has 1 saturated heterocycles. The first-order valence-electron chi connectivity index (χ1n) is 14.6. The Hall–Kier alpha value is -1.79. The molecule has 2 bridgehead atoms. The van der Waals surface area contributed by atoms with Gasteiger partial charge in [-0.2, -0.15) is 0 Å². The fourth-order valence-corrected chi connectivity index (χ4v) is 8.94. The number of nitrogens with zero attached hydrogens (tertiary/aromatic N) is 1. The van der Waals surface area contributed by atoms with Crippen LogP contribution in [0, 0.1) is 17.3 Å². The molecule has 7 rings (SSSR count). The molecule has 3 aliphatic carbocycles. The van der Waals surface area contributed by atoms with Crippen LogP contribution in [-0.2, 0) is 18.3 Å². The third-order valence-corrected chi connectivity index (χ3v) is 11.1. The van der Waals surface area contributed by atoms with Crippen LogP contribution in [0.5, 0.6) is 11.5 Å². The van der Waals surface area contributed by atoms with Crippen molar-refractivity contribution in [2.24, 2.45) is 17.3 Å². The number of phenols is 1. The first kappa shape index (κ1) is 26.4. The zero-order valence-corrected chi connectivity index (χ0v) is 23.0. The number of ether oxygens (including phenoxy) is 1. The lowest BCUT2D eigenvalue weighted by Crippen LogP contribution is -2.71. The highest BCUT2D eigenvalue weighted by atomic mass is 35.5.